The van der Waals surface area contributed by atoms with Gasteiger partial charge in [-0.2, -0.15) is 0 Å². The van der Waals surface area contributed by atoms with Gasteiger partial charge in [-0.3, -0.25) is 24.1 Å². The fourth-order valence-corrected chi connectivity index (χ4v) is 3.49. The molecule has 0 aromatic rings. The van der Waals surface area contributed by atoms with E-state index in [0.717, 1.165) is 4.90 Å². The second-order valence-corrected chi connectivity index (χ2v) is 5.71. The van der Waals surface area contributed by atoms with Gasteiger partial charge in [-0.25, -0.2) is 0 Å². The molecule has 0 aromatic carbocycles. The number of methoxy groups -OCH3 is 1. The first-order chi connectivity index (χ1) is 10.8. The summed E-state index contributed by atoms with van der Waals surface area (Å²) in [5.41, 5.74) is 0. The molecule has 2 aliphatic rings. The highest BCUT2D eigenvalue weighted by Crippen LogP contribution is 2.41. The first kappa shape index (κ1) is 17.4. The van der Waals surface area contributed by atoms with Crippen LogP contribution in [0, 0.1) is 11.8 Å². The minimum atomic E-state index is -0.964. The Morgan fingerprint density at radius 3 is 2.17 bits per heavy atom. The summed E-state index contributed by atoms with van der Waals surface area (Å²) >= 11 is 0. The van der Waals surface area contributed by atoms with Crippen molar-refractivity contribution in [3.63, 3.8) is 0 Å². The zero-order valence-electron chi connectivity index (χ0n) is 13.6. The van der Waals surface area contributed by atoms with Crippen LogP contribution in [-0.2, 0) is 33.4 Å². The van der Waals surface area contributed by atoms with E-state index in [2.05, 4.69) is 0 Å². The molecule has 23 heavy (non-hydrogen) atoms. The minimum absolute atomic E-state index is 0.168. The number of fused-ring (bicyclic) bond motifs is 1. The molecule has 1 saturated heterocycles. The van der Waals surface area contributed by atoms with Crippen LogP contribution in [0.5, 0.6) is 0 Å². The lowest BCUT2D eigenvalue weighted by molar-refractivity contribution is -0.192. The van der Waals surface area contributed by atoms with Gasteiger partial charge in [0.15, 0.2) is 0 Å². The van der Waals surface area contributed by atoms with Gasteiger partial charge in [-0.05, 0) is 13.3 Å². The molecule has 0 radical (unpaired) electrons. The Labute approximate surface area is 134 Å². The molecule has 1 saturated carbocycles. The van der Waals surface area contributed by atoms with Gasteiger partial charge in [0.1, 0.15) is 18.3 Å². The summed E-state index contributed by atoms with van der Waals surface area (Å²) in [5.74, 6) is -3.30. The second kappa shape index (κ2) is 6.66. The smallest absolute Gasteiger partial charge is 0.303 e. The molecular weight excluding hydrogens is 306 g/mol. The monoisotopic (exact) mass is 327 g/mol. The topological polar surface area (TPSA) is 99.2 Å². The number of imide groups is 1. The van der Waals surface area contributed by atoms with Gasteiger partial charge in [0, 0.05) is 27.5 Å². The Hall–Kier alpha value is -1.96. The summed E-state index contributed by atoms with van der Waals surface area (Å²) in [6, 6.07) is 0. The van der Waals surface area contributed by atoms with Crippen LogP contribution < -0.4 is 0 Å². The Kier molecular flexibility index (Phi) is 5.03. The summed E-state index contributed by atoms with van der Waals surface area (Å²) in [4.78, 5) is 48.8. The lowest BCUT2D eigenvalue weighted by Gasteiger charge is -2.40. The highest BCUT2D eigenvalue weighted by molar-refractivity contribution is 6.05. The molecule has 5 atom stereocenters. The van der Waals surface area contributed by atoms with E-state index >= 15 is 0 Å². The first-order valence-electron chi connectivity index (χ1n) is 7.54. The number of nitrogens with zero attached hydrogens (tertiary/aromatic N) is 1. The van der Waals surface area contributed by atoms with Crippen molar-refractivity contribution in [2.45, 2.75) is 45.5 Å². The highest BCUT2D eigenvalue weighted by atomic mass is 16.6. The normalized spacial score (nSPS) is 33.4. The van der Waals surface area contributed by atoms with E-state index in [9.17, 15) is 19.2 Å². The van der Waals surface area contributed by atoms with Crippen LogP contribution in [-0.4, -0.2) is 60.6 Å². The molecule has 2 rings (SSSR count). The summed E-state index contributed by atoms with van der Waals surface area (Å²) in [5, 5.41) is 0. The molecule has 128 valence electrons. The molecule has 2 amide bonds. The van der Waals surface area contributed by atoms with E-state index in [-0.39, 0.29) is 24.8 Å². The first-order valence-corrected chi connectivity index (χ1v) is 7.54. The number of likely N-dealkylation sites (tertiary alicyclic amines) is 1. The quantitative estimate of drug-likeness (QED) is 0.524. The zero-order valence-corrected chi connectivity index (χ0v) is 13.6. The highest BCUT2D eigenvalue weighted by Gasteiger charge is 2.59. The SMILES string of the molecule is CCN1C(=O)C2C[C@H](OC(C)=O)[C@@H](OC)[C@H](OC(C)=O)C2C1=O. The van der Waals surface area contributed by atoms with Gasteiger partial charge in [-0.15, -0.1) is 0 Å². The average Bonchev–Trinajstić information content (AvgIpc) is 2.69. The number of hydrogen-bond donors (Lipinski definition) is 0. The van der Waals surface area contributed by atoms with Gasteiger partial charge in [-0.1, -0.05) is 0 Å². The molecular formula is C15H21NO7. The Morgan fingerprint density at radius 2 is 1.70 bits per heavy atom. The lowest BCUT2D eigenvalue weighted by Crippen LogP contribution is -2.55. The van der Waals surface area contributed by atoms with E-state index in [1.54, 1.807) is 6.92 Å². The van der Waals surface area contributed by atoms with E-state index in [1.165, 1.54) is 21.0 Å². The van der Waals surface area contributed by atoms with Crippen molar-refractivity contribution in [2.75, 3.05) is 13.7 Å². The maximum atomic E-state index is 12.5. The number of carbonyl (C=O) groups is 4. The number of rotatable bonds is 4. The largest absolute Gasteiger partial charge is 0.460 e. The molecule has 0 aromatic heterocycles. The second-order valence-electron chi connectivity index (χ2n) is 5.71. The third kappa shape index (κ3) is 3.08. The van der Waals surface area contributed by atoms with E-state index in [1.807, 2.05) is 0 Å². The van der Waals surface area contributed by atoms with Crippen LogP contribution in [0.25, 0.3) is 0 Å². The fraction of sp³-hybridized carbons (Fsp3) is 0.733. The molecule has 8 nitrogen and oxygen atoms in total. The molecule has 1 aliphatic carbocycles. The van der Waals surface area contributed by atoms with Crippen molar-refractivity contribution >= 4 is 23.8 Å². The van der Waals surface area contributed by atoms with Gasteiger partial charge in [0.2, 0.25) is 11.8 Å². The number of hydrogen-bond acceptors (Lipinski definition) is 7. The van der Waals surface area contributed by atoms with E-state index in [4.69, 9.17) is 14.2 Å². The number of ether oxygens (including phenoxy) is 3. The molecule has 0 bridgehead atoms. The molecule has 8 heteroatoms. The Balaban J connectivity index is 2.39. The van der Waals surface area contributed by atoms with Crippen LogP contribution in [0.4, 0.5) is 0 Å². The third-order valence-electron chi connectivity index (χ3n) is 4.31. The summed E-state index contributed by atoms with van der Waals surface area (Å²) in [6.45, 7) is 4.41. The molecule has 0 spiro atoms. The predicted molar refractivity (Wildman–Crippen MR) is 75.9 cm³/mol. The maximum absolute atomic E-state index is 12.5. The standard InChI is InChI=1S/C15H21NO7/c1-5-16-14(19)9-6-10(22-7(2)17)12(21-4)13(23-8(3)18)11(9)15(16)20/h9-13H,5-6H2,1-4H3/t9?,10-,11?,12+,13+/m0/s1. The van der Waals surface area contributed by atoms with E-state index < -0.39 is 42.1 Å². The van der Waals surface area contributed by atoms with Crippen LogP contribution in [0.15, 0.2) is 0 Å². The molecule has 1 aliphatic heterocycles. The van der Waals surface area contributed by atoms with Gasteiger partial charge in [0.25, 0.3) is 0 Å². The summed E-state index contributed by atoms with van der Waals surface area (Å²) < 4.78 is 15.8. The van der Waals surface area contributed by atoms with Gasteiger partial charge in [0.05, 0.1) is 11.8 Å². The number of esters is 2. The van der Waals surface area contributed by atoms with Crippen LogP contribution in [0.2, 0.25) is 0 Å². The summed E-state index contributed by atoms with van der Waals surface area (Å²) in [7, 11) is 1.39. The number of amides is 2. The third-order valence-corrected chi connectivity index (χ3v) is 4.31. The van der Waals surface area contributed by atoms with Crippen molar-refractivity contribution < 1.29 is 33.4 Å². The van der Waals surface area contributed by atoms with Crippen LogP contribution in [0.1, 0.15) is 27.2 Å². The van der Waals surface area contributed by atoms with Crippen molar-refractivity contribution in [2.24, 2.45) is 11.8 Å². The maximum Gasteiger partial charge on any atom is 0.303 e. The minimum Gasteiger partial charge on any atom is -0.460 e. The average molecular weight is 327 g/mol. The molecule has 1 heterocycles. The zero-order chi connectivity index (χ0) is 17.3. The number of carbonyl (C=O) groups excluding carboxylic acids is 4. The van der Waals surface area contributed by atoms with Crippen LogP contribution >= 0.6 is 0 Å². The molecule has 2 fully saturated rings. The van der Waals surface area contributed by atoms with Crippen molar-refractivity contribution in [1.82, 2.24) is 4.90 Å². The van der Waals surface area contributed by atoms with Crippen molar-refractivity contribution in [1.29, 1.82) is 0 Å². The van der Waals surface area contributed by atoms with Gasteiger partial charge >= 0.3 is 11.9 Å². The Bertz CT molecular complexity index is 532. The predicted octanol–water partition coefficient (Wildman–Crippen LogP) is -0.110. The fourth-order valence-electron chi connectivity index (χ4n) is 3.49. The Morgan fingerprint density at radius 1 is 1.09 bits per heavy atom. The van der Waals surface area contributed by atoms with Crippen LogP contribution in [0.3, 0.4) is 0 Å². The van der Waals surface area contributed by atoms with Crippen molar-refractivity contribution in [3.05, 3.63) is 0 Å². The molecule has 0 N–H and O–H groups in total. The van der Waals surface area contributed by atoms with E-state index in [0.29, 0.717) is 0 Å². The molecule has 2 unspecified atom stereocenters. The summed E-state index contributed by atoms with van der Waals surface area (Å²) in [6.07, 6.45) is -2.34. The lowest BCUT2D eigenvalue weighted by atomic mass is 9.75. The van der Waals surface area contributed by atoms with Crippen molar-refractivity contribution in [3.8, 4) is 0 Å². The van der Waals surface area contributed by atoms with Gasteiger partial charge < -0.3 is 14.2 Å².